The molecular formula is C11H15NO2. The van der Waals surface area contributed by atoms with Crippen molar-refractivity contribution < 1.29 is 9.53 Å². The molecule has 0 bridgehead atoms. The van der Waals surface area contributed by atoms with Crippen molar-refractivity contribution in [2.24, 2.45) is 5.92 Å². The standard InChI is InChI=1S/C11H15NO2/c1-8(9(2)11(13)14-3)10-6-4-5-7-12-10/h4-9H,1-3H3. The SMILES string of the molecule is COC(=O)C(C)C(C)c1ccccn1. The van der Waals surface area contributed by atoms with Gasteiger partial charge in [0.2, 0.25) is 0 Å². The zero-order chi connectivity index (χ0) is 10.6. The van der Waals surface area contributed by atoms with E-state index in [0.29, 0.717) is 0 Å². The number of pyridine rings is 1. The summed E-state index contributed by atoms with van der Waals surface area (Å²) < 4.78 is 4.69. The second kappa shape index (κ2) is 4.74. The summed E-state index contributed by atoms with van der Waals surface area (Å²) in [5, 5.41) is 0. The van der Waals surface area contributed by atoms with E-state index in [0.717, 1.165) is 5.69 Å². The van der Waals surface area contributed by atoms with E-state index in [2.05, 4.69) is 9.72 Å². The Morgan fingerprint density at radius 2 is 2.14 bits per heavy atom. The lowest BCUT2D eigenvalue weighted by molar-refractivity contribution is -0.145. The predicted octanol–water partition coefficient (Wildman–Crippen LogP) is 1.99. The molecule has 2 atom stereocenters. The predicted molar refractivity (Wildman–Crippen MR) is 53.8 cm³/mol. The highest BCUT2D eigenvalue weighted by atomic mass is 16.5. The van der Waals surface area contributed by atoms with Gasteiger partial charge in [-0.1, -0.05) is 19.9 Å². The van der Waals surface area contributed by atoms with Gasteiger partial charge < -0.3 is 4.74 Å². The fraction of sp³-hybridized carbons (Fsp3) is 0.455. The van der Waals surface area contributed by atoms with Crippen LogP contribution in [0.1, 0.15) is 25.5 Å². The Balaban J connectivity index is 2.75. The maximum Gasteiger partial charge on any atom is 0.309 e. The maximum atomic E-state index is 11.3. The van der Waals surface area contributed by atoms with Crippen LogP contribution in [0.25, 0.3) is 0 Å². The minimum Gasteiger partial charge on any atom is -0.469 e. The van der Waals surface area contributed by atoms with Crippen molar-refractivity contribution in [1.82, 2.24) is 4.98 Å². The molecule has 3 heteroatoms. The monoisotopic (exact) mass is 193 g/mol. The number of carbonyl (C=O) groups is 1. The van der Waals surface area contributed by atoms with Crippen LogP contribution in [0.2, 0.25) is 0 Å². The first kappa shape index (κ1) is 10.7. The van der Waals surface area contributed by atoms with Crippen LogP contribution in [0.15, 0.2) is 24.4 Å². The molecule has 1 rings (SSSR count). The Labute approximate surface area is 84.1 Å². The van der Waals surface area contributed by atoms with Crippen molar-refractivity contribution in [2.75, 3.05) is 7.11 Å². The van der Waals surface area contributed by atoms with Gasteiger partial charge in [0.25, 0.3) is 0 Å². The maximum absolute atomic E-state index is 11.3. The molecule has 2 unspecified atom stereocenters. The van der Waals surface area contributed by atoms with Crippen molar-refractivity contribution in [3.8, 4) is 0 Å². The number of carbonyl (C=O) groups excluding carboxylic acids is 1. The second-order valence-corrected chi connectivity index (χ2v) is 3.36. The number of esters is 1. The van der Waals surface area contributed by atoms with E-state index in [-0.39, 0.29) is 17.8 Å². The Morgan fingerprint density at radius 3 is 2.64 bits per heavy atom. The Kier molecular flexibility index (Phi) is 3.63. The molecule has 0 aliphatic rings. The summed E-state index contributed by atoms with van der Waals surface area (Å²) >= 11 is 0. The minimum absolute atomic E-state index is 0.0867. The second-order valence-electron chi connectivity index (χ2n) is 3.36. The van der Waals surface area contributed by atoms with Crippen LogP contribution < -0.4 is 0 Å². The quantitative estimate of drug-likeness (QED) is 0.689. The van der Waals surface area contributed by atoms with Crippen molar-refractivity contribution in [2.45, 2.75) is 19.8 Å². The van der Waals surface area contributed by atoms with Crippen LogP contribution in [0.5, 0.6) is 0 Å². The van der Waals surface area contributed by atoms with Crippen molar-refractivity contribution in [3.05, 3.63) is 30.1 Å². The van der Waals surface area contributed by atoms with Crippen LogP contribution in [0, 0.1) is 5.92 Å². The lowest BCUT2D eigenvalue weighted by Crippen LogP contribution is -2.19. The third-order valence-electron chi connectivity index (χ3n) is 2.48. The summed E-state index contributed by atoms with van der Waals surface area (Å²) in [5.41, 5.74) is 0.922. The molecule has 14 heavy (non-hydrogen) atoms. The fourth-order valence-electron chi connectivity index (χ4n) is 1.29. The zero-order valence-electron chi connectivity index (χ0n) is 8.73. The molecular weight excluding hydrogens is 178 g/mol. The Morgan fingerprint density at radius 1 is 1.43 bits per heavy atom. The molecule has 1 heterocycles. The van der Waals surface area contributed by atoms with E-state index < -0.39 is 0 Å². The molecule has 0 aliphatic carbocycles. The number of methoxy groups -OCH3 is 1. The summed E-state index contributed by atoms with van der Waals surface area (Å²) in [6.45, 7) is 3.83. The Hall–Kier alpha value is -1.38. The van der Waals surface area contributed by atoms with E-state index in [1.54, 1.807) is 6.20 Å². The van der Waals surface area contributed by atoms with E-state index >= 15 is 0 Å². The molecule has 1 aromatic rings. The van der Waals surface area contributed by atoms with E-state index in [1.807, 2.05) is 32.0 Å². The highest BCUT2D eigenvalue weighted by Crippen LogP contribution is 2.22. The molecule has 0 saturated carbocycles. The smallest absolute Gasteiger partial charge is 0.309 e. The van der Waals surface area contributed by atoms with E-state index in [4.69, 9.17) is 0 Å². The minimum atomic E-state index is -0.192. The van der Waals surface area contributed by atoms with Crippen LogP contribution in [-0.2, 0) is 9.53 Å². The lowest BCUT2D eigenvalue weighted by Gasteiger charge is -2.16. The fourth-order valence-corrected chi connectivity index (χ4v) is 1.29. The van der Waals surface area contributed by atoms with Gasteiger partial charge in [-0.2, -0.15) is 0 Å². The molecule has 0 saturated heterocycles. The normalized spacial score (nSPS) is 14.5. The van der Waals surface area contributed by atoms with Gasteiger partial charge in [-0.15, -0.1) is 0 Å². The van der Waals surface area contributed by atoms with Gasteiger partial charge in [-0.25, -0.2) is 0 Å². The van der Waals surface area contributed by atoms with Crippen molar-refractivity contribution >= 4 is 5.97 Å². The van der Waals surface area contributed by atoms with Crippen LogP contribution >= 0.6 is 0 Å². The number of aromatic nitrogens is 1. The van der Waals surface area contributed by atoms with Crippen LogP contribution in [0.3, 0.4) is 0 Å². The van der Waals surface area contributed by atoms with Crippen molar-refractivity contribution in [3.63, 3.8) is 0 Å². The van der Waals surface area contributed by atoms with Gasteiger partial charge in [-0.3, -0.25) is 9.78 Å². The first-order chi connectivity index (χ1) is 6.66. The average molecular weight is 193 g/mol. The summed E-state index contributed by atoms with van der Waals surface area (Å²) in [4.78, 5) is 15.5. The van der Waals surface area contributed by atoms with Crippen LogP contribution in [0.4, 0.5) is 0 Å². The lowest BCUT2D eigenvalue weighted by atomic mass is 9.92. The first-order valence-electron chi connectivity index (χ1n) is 4.65. The van der Waals surface area contributed by atoms with E-state index in [1.165, 1.54) is 7.11 Å². The molecule has 0 amide bonds. The zero-order valence-corrected chi connectivity index (χ0v) is 8.73. The van der Waals surface area contributed by atoms with Gasteiger partial charge in [0, 0.05) is 17.8 Å². The number of ether oxygens (including phenoxy) is 1. The van der Waals surface area contributed by atoms with Gasteiger partial charge in [-0.05, 0) is 12.1 Å². The Bertz CT molecular complexity index is 297. The van der Waals surface area contributed by atoms with Crippen molar-refractivity contribution in [1.29, 1.82) is 0 Å². The van der Waals surface area contributed by atoms with Gasteiger partial charge in [0.15, 0.2) is 0 Å². The van der Waals surface area contributed by atoms with E-state index in [9.17, 15) is 4.79 Å². The summed E-state index contributed by atoms with van der Waals surface area (Å²) in [5.74, 6) is -0.262. The third kappa shape index (κ3) is 2.31. The molecule has 0 N–H and O–H groups in total. The van der Waals surface area contributed by atoms with Gasteiger partial charge in [0.05, 0.1) is 13.0 Å². The third-order valence-corrected chi connectivity index (χ3v) is 2.48. The van der Waals surface area contributed by atoms with Gasteiger partial charge in [0.1, 0.15) is 0 Å². The first-order valence-corrected chi connectivity index (χ1v) is 4.65. The largest absolute Gasteiger partial charge is 0.469 e. The molecule has 3 nitrogen and oxygen atoms in total. The molecule has 0 aliphatic heterocycles. The van der Waals surface area contributed by atoms with Crippen LogP contribution in [-0.4, -0.2) is 18.1 Å². The summed E-state index contributed by atoms with van der Waals surface area (Å²) in [6.07, 6.45) is 1.73. The highest BCUT2D eigenvalue weighted by molar-refractivity contribution is 5.72. The average Bonchev–Trinajstić information content (AvgIpc) is 2.27. The topological polar surface area (TPSA) is 39.2 Å². The highest BCUT2D eigenvalue weighted by Gasteiger charge is 2.22. The molecule has 0 aromatic carbocycles. The molecule has 0 fully saturated rings. The number of hydrogen-bond acceptors (Lipinski definition) is 3. The van der Waals surface area contributed by atoms with Gasteiger partial charge >= 0.3 is 5.97 Å². The molecule has 0 radical (unpaired) electrons. The molecule has 0 spiro atoms. The number of rotatable bonds is 3. The number of hydrogen-bond donors (Lipinski definition) is 0. The molecule has 1 aromatic heterocycles. The number of nitrogens with zero attached hydrogens (tertiary/aromatic N) is 1. The molecule has 76 valence electrons. The summed E-state index contributed by atoms with van der Waals surface area (Å²) in [7, 11) is 1.41. The summed E-state index contributed by atoms with van der Waals surface area (Å²) in [6, 6.07) is 5.70.